The Morgan fingerprint density at radius 3 is 2.80 bits per heavy atom. The molecule has 0 aliphatic carbocycles. The SMILES string of the molecule is CSc1ncc(Cl)c(C(=O)Nc2nnc(C(C)C)s2)n1. The van der Waals surface area contributed by atoms with Crippen molar-refractivity contribution >= 4 is 45.7 Å². The fourth-order valence-electron chi connectivity index (χ4n) is 1.28. The van der Waals surface area contributed by atoms with Crippen LogP contribution in [0.5, 0.6) is 0 Å². The van der Waals surface area contributed by atoms with Crippen LogP contribution < -0.4 is 5.32 Å². The van der Waals surface area contributed by atoms with Gasteiger partial charge < -0.3 is 0 Å². The second-order valence-electron chi connectivity index (χ2n) is 4.11. The summed E-state index contributed by atoms with van der Waals surface area (Å²) in [6.07, 6.45) is 3.24. The van der Waals surface area contributed by atoms with E-state index in [0.717, 1.165) is 5.01 Å². The summed E-state index contributed by atoms with van der Waals surface area (Å²) in [7, 11) is 0. The first-order valence-corrected chi connectivity index (χ1v) is 8.14. The number of aromatic nitrogens is 4. The Hall–Kier alpha value is -1.25. The van der Waals surface area contributed by atoms with Crippen molar-refractivity contribution in [2.75, 3.05) is 11.6 Å². The lowest BCUT2D eigenvalue weighted by Crippen LogP contribution is -2.15. The Balaban J connectivity index is 2.19. The maximum absolute atomic E-state index is 12.1. The molecule has 20 heavy (non-hydrogen) atoms. The topological polar surface area (TPSA) is 80.7 Å². The van der Waals surface area contributed by atoms with Gasteiger partial charge in [-0.05, 0) is 6.26 Å². The van der Waals surface area contributed by atoms with Gasteiger partial charge in [0.1, 0.15) is 5.01 Å². The average molecular weight is 330 g/mol. The molecule has 1 amide bonds. The monoisotopic (exact) mass is 329 g/mol. The highest BCUT2D eigenvalue weighted by molar-refractivity contribution is 7.98. The number of amides is 1. The molecule has 2 rings (SSSR count). The number of halogens is 1. The Morgan fingerprint density at radius 2 is 2.20 bits per heavy atom. The third kappa shape index (κ3) is 3.44. The third-order valence-electron chi connectivity index (χ3n) is 2.27. The molecule has 2 aromatic rings. The predicted molar refractivity (Wildman–Crippen MR) is 80.8 cm³/mol. The van der Waals surface area contributed by atoms with E-state index in [0.29, 0.717) is 10.3 Å². The first-order chi connectivity index (χ1) is 9.51. The highest BCUT2D eigenvalue weighted by Gasteiger charge is 2.16. The van der Waals surface area contributed by atoms with E-state index in [9.17, 15) is 4.79 Å². The smallest absolute Gasteiger partial charge is 0.277 e. The minimum absolute atomic E-state index is 0.132. The van der Waals surface area contributed by atoms with Crippen LogP contribution in [0, 0.1) is 0 Å². The Morgan fingerprint density at radius 1 is 1.45 bits per heavy atom. The summed E-state index contributed by atoms with van der Waals surface area (Å²) in [4.78, 5) is 20.2. The van der Waals surface area contributed by atoms with Crippen LogP contribution in [0.1, 0.15) is 35.3 Å². The number of anilines is 1. The van der Waals surface area contributed by atoms with Gasteiger partial charge in [-0.2, -0.15) is 0 Å². The van der Waals surface area contributed by atoms with E-state index in [2.05, 4.69) is 25.5 Å². The molecular formula is C11H12ClN5OS2. The quantitative estimate of drug-likeness (QED) is 0.685. The maximum Gasteiger partial charge on any atom is 0.277 e. The Kier molecular flexibility index (Phi) is 4.90. The molecular weight excluding hydrogens is 318 g/mol. The summed E-state index contributed by atoms with van der Waals surface area (Å²) in [5, 5.41) is 12.5. The zero-order valence-corrected chi connectivity index (χ0v) is 13.4. The van der Waals surface area contributed by atoms with Crippen molar-refractivity contribution in [3.8, 4) is 0 Å². The summed E-state index contributed by atoms with van der Waals surface area (Å²) in [5.74, 6) is -0.150. The Bertz CT molecular complexity index is 631. The molecule has 9 heteroatoms. The molecule has 0 aliphatic rings. The zero-order valence-electron chi connectivity index (χ0n) is 11.0. The van der Waals surface area contributed by atoms with Crippen molar-refractivity contribution in [3.05, 3.63) is 21.9 Å². The number of nitrogens with zero attached hydrogens (tertiary/aromatic N) is 4. The van der Waals surface area contributed by atoms with E-state index >= 15 is 0 Å². The number of hydrogen-bond acceptors (Lipinski definition) is 7. The fourth-order valence-corrected chi connectivity index (χ4v) is 2.54. The number of hydrogen-bond donors (Lipinski definition) is 1. The van der Waals surface area contributed by atoms with Gasteiger partial charge in [-0.25, -0.2) is 9.97 Å². The summed E-state index contributed by atoms with van der Waals surface area (Å²) in [6.45, 7) is 4.02. The van der Waals surface area contributed by atoms with Crippen molar-refractivity contribution < 1.29 is 4.79 Å². The molecule has 1 N–H and O–H groups in total. The molecule has 0 spiro atoms. The van der Waals surface area contributed by atoms with Gasteiger partial charge in [0.2, 0.25) is 5.13 Å². The van der Waals surface area contributed by atoms with Gasteiger partial charge in [-0.3, -0.25) is 10.1 Å². The van der Waals surface area contributed by atoms with Gasteiger partial charge in [0.25, 0.3) is 5.91 Å². The van der Waals surface area contributed by atoms with Crippen LogP contribution in [-0.4, -0.2) is 32.3 Å². The molecule has 2 aromatic heterocycles. The van der Waals surface area contributed by atoms with Gasteiger partial charge >= 0.3 is 0 Å². The molecule has 0 fully saturated rings. The number of rotatable bonds is 4. The van der Waals surface area contributed by atoms with Crippen molar-refractivity contribution in [1.82, 2.24) is 20.2 Å². The van der Waals surface area contributed by atoms with Crippen LogP contribution in [-0.2, 0) is 0 Å². The summed E-state index contributed by atoms with van der Waals surface area (Å²) >= 11 is 8.61. The van der Waals surface area contributed by atoms with E-state index in [4.69, 9.17) is 11.6 Å². The van der Waals surface area contributed by atoms with E-state index in [1.165, 1.54) is 29.3 Å². The first kappa shape index (κ1) is 15.1. The van der Waals surface area contributed by atoms with Gasteiger partial charge in [-0.1, -0.05) is 48.5 Å². The van der Waals surface area contributed by atoms with E-state index in [-0.39, 0.29) is 16.6 Å². The number of carbonyl (C=O) groups is 1. The van der Waals surface area contributed by atoms with Crippen molar-refractivity contribution in [2.24, 2.45) is 0 Å². The van der Waals surface area contributed by atoms with Crippen molar-refractivity contribution in [1.29, 1.82) is 0 Å². The van der Waals surface area contributed by atoms with Crippen LogP contribution >= 0.6 is 34.7 Å². The van der Waals surface area contributed by atoms with Crippen LogP contribution in [0.4, 0.5) is 5.13 Å². The standard InChI is InChI=1S/C11H12ClN5OS2/c1-5(2)9-16-17-11(20-9)15-8(18)7-6(12)4-13-10(14-7)19-3/h4-5H,1-3H3,(H,15,17,18). The molecule has 0 saturated carbocycles. The zero-order chi connectivity index (χ0) is 14.7. The molecule has 0 bridgehead atoms. The van der Waals surface area contributed by atoms with Gasteiger partial charge in [0, 0.05) is 5.92 Å². The number of carbonyl (C=O) groups excluding carboxylic acids is 1. The predicted octanol–water partition coefficient (Wildman–Crippen LogP) is 3.08. The third-order valence-corrected chi connectivity index (χ3v) is 4.25. The molecule has 0 aromatic carbocycles. The first-order valence-electron chi connectivity index (χ1n) is 5.72. The normalized spacial score (nSPS) is 10.8. The number of thioether (sulfide) groups is 1. The van der Waals surface area contributed by atoms with Gasteiger partial charge in [0.15, 0.2) is 10.9 Å². The van der Waals surface area contributed by atoms with Crippen molar-refractivity contribution in [3.63, 3.8) is 0 Å². The fraction of sp³-hybridized carbons (Fsp3) is 0.364. The van der Waals surface area contributed by atoms with E-state index in [1.54, 1.807) is 0 Å². The van der Waals surface area contributed by atoms with Gasteiger partial charge in [-0.15, -0.1) is 10.2 Å². The molecule has 0 saturated heterocycles. The lowest BCUT2D eigenvalue weighted by atomic mass is 10.2. The molecule has 106 valence electrons. The van der Waals surface area contributed by atoms with Crippen LogP contribution in [0.3, 0.4) is 0 Å². The minimum Gasteiger partial charge on any atom is -0.295 e. The van der Waals surface area contributed by atoms with Crippen molar-refractivity contribution in [2.45, 2.75) is 24.9 Å². The lowest BCUT2D eigenvalue weighted by Gasteiger charge is -2.03. The molecule has 0 radical (unpaired) electrons. The summed E-state index contributed by atoms with van der Waals surface area (Å²) in [5.41, 5.74) is 0.132. The average Bonchev–Trinajstić information content (AvgIpc) is 2.88. The Labute approximate surface area is 129 Å². The number of nitrogens with one attached hydrogen (secondary N) is 1. The second kappa shape index (κ2) is 6.47. The second-order valence-corrected chi connectivity index (χ2v) is 6.30. The summed E-state index contributed by atoms with van der Waals surface area (Å²) in [6, 6.07) is 0. The largest absolute Gasteiger partial charge is 0.295 e. The van der Waals surface area contributed by atoms with Crippen LogP contribution in [0.15, 0.2) is 11.4 Å². The van der Waals surface area contributed by atoms with Crippen LogP contribution in [0.25, 0.3) is 0 Å². The molecule has 2 heterocycles. The highest BCUT2D eigenvalue weighted by atomic mass is 35.5. The maximum atomic E-state index is 12.1. The summed E-state index contributed by atoms with van der Waals surface area (Å²) < 4.78 is 0. The van der Waals surface area contributed by atoms with Crippen LogP contribution in [0.2, 0.25) is 5.02 Å². The van der Waals surface area contributed by atoms with E-state index in [1.807, 2.05) is 20.1 Å². The highest BCUT2D eigenvalue weighted by Crippen LogP contribution is 2.23. The minimum atomic E-state index is -0.417. The van der Waals surface area contributed by atoms with E-state index < -0.39 is 5.91 Å². The molecule has 6 nitrogen and oxygen atoms in total. The molecule has 0 unspecified atom stereocenters. The molecule has 0 atom stereocenters. The molecule has 0 aliphatic heterocycles. The van der Waals surface area contributed by atoms with Gasteiger partial charge in [0.05, 0.1) is 11.2 Å². The lowest BCUT2D eigenvalue weighted by molar-refractivity contribution is 0.102.